The number of nitrogens with zero attached hydrogens (tertiary/aromatic N) is 1. The Morgan fingerprint density at radius 1 is 1.14 bits per heavy atom. The predicted octanol–water partition coefficient (Wildman–Crippen LogP) is 4.36. The molecule has 0 fully saturated rings. The Morgan fingerprint density at radius 3 is 2.76 bits per heavy atom. The number of halogens is 1. The molecule has 1 heterocycles. The van der Waals surface area contributed by atoms with Crippen LogP contribution in [-0.2, 0) is 6.61 Å². The van der Waals surface area contributed by atoms with Gasteiger partial charge in [-0.15, -0.1) is 0 Å². The predicted molar refractivity (Wildman–Crippen MR) is 86.7 cm³/mol. The van der Waals surface area contributed by atoms with E-state index in [0.29, 0.717) is 23.1 Å². The molecular formula is C17H15ClN2O. The number of pyridine rings is 1. The van der Waals surface area contributed by atoms with Crippen molar-refractivity contribution in [3.8, 4) is 5.75 Å². The summed E-state index contributed by atoms with van der Waals surface area (Å²) in [7, 11) is 0. The number of nitrogens with two attached hydrogens (primary N) is 1. The van der Waals surface area contributed by atoms with E-state index in [1.165, 1.54) is 0 Å². The Balaban J connectivity index is 1.91. The van der Waals surface area contributed by atoms with Gasteiger partial charge >= 0.3 is 0 Å². The largest absolute Gasteiger partial charge is 0.487 e. The minimum absolute atomic E-state index is 0.440. The smallest absolute Gasteiger partial charge is 0.142 e. The second-order valence-electron chi connectivity index (χ2n) is 4.91. The van der Waals surface area contributed by atoms with E-state index in [-0.39, 0.29) is 0 Å². The molecule has 0 aliphatic rings. The van der Waals surface area contributed by atoms with Crippen LogP contribution in [0.15, 0.2) is 48.5 Å². The molecule has 1 aromatic heterocycles. The normalized spacial score (nSPS) is 10.8. The zero-order valence-corrected chi connectivity index (χ0v) is 12.4. The lowest BCUT2D eigenvalue weighted by molar-refractivity contribution is 0.309. The summed E-state index contributed by atoms with van der Waals surface area (Å²) >= 11 is 5.89. The summed E-state index contributed by atoms with van der Waals surface area (Å²) in [6, 6.07) is 15.3. The van der Waals surface area contributed by atoms with E-state index in [9.17, 15) is 0 Å². The first kappa shape index (κ1) is 13.7. The van der Waals surface area contributed by atoms with E-state index in [2.05, 4.69) is 4.98 Å². The zero-order chi connectivity index (χ0) is 14.8. The van der Waals surface area contributed by atoms with Gasteiger partial charge in [-0.2, -0.15) is 0 Å². The average Bonchev–Trinajstić information content (AvgIpc) is 2.46. The Labute approximate surface area is 128 Å². The molecule has 2 aromatic carbocycles. The molecule has 0 bridgehead atoms. The standard InChI is InChI=1S/C17H15ClN2O/c1-11-8-12(14-4-2-3-5-16(14)20-11)10-21-17-7-6-13(18)9-15(17)19/h2-9H,10,19H2,1H3. The maximum Gasteiger partial charge on any atom is 0.142 e. The van der Waals surface area contributed by atoms with Gasteiger partial charge in [0.2, 0.25) is 0 Å². The van der Waals surface area contributed by atoms with Crippen LogP contribution in [0.4, 0.5) is 5.69 Å². The topological polar surface area (TPSA) is 48.1 Å². The molecule has 0 saturated heterocycles. The summed E-state index contributed by atoms with van der Waals surface area (Å²) in [6.07, 6.45) is 0. The van der Waals surface area contributed by atoms with Gasteiger partial charge in [0, 0.05) is 21.7 Å². The Hall–Kier alpha value is -2.26. The summed E-state index contributed by atoms with van der Waals surface area (Å²) in [6.45, 7) is 2.42. The number of ether oxygens (including phenoxy) is 1. The van der Waals surface area contributed by atoms with E-state index < -0.39 is 0 Å². The monoisotopic (exact) mass is 298 g/mol. The summed E-state index contributed by atoms with van der Waals surface area (Å²) in [5.41, 5.74) is 9.48. The first-order valence-electron chi connectivity index (χ1n) is 6.66. The van der Waals surface area contributed by atoms with Crippen molar-refractivity contribution in [3.05, 3.63) is 64.8 Å². The molecule has 0 atom stereocenters. The molecule has 0 aliphatic carbocycles. The number of rotatable bonds is 3. The first-order valence-corrected chi connectivity index (χ1v) is 7.04. The molecule has 21 heavy (non-hydrogen) atoms. The van der Waals surface area contributed by atoms with Crippen LogP contribution < -0.4 is 10.5 Å². The van der Waals surface area contributed by atoms with Crippen molar-refractivity contribution in [2.45, 2.75) is 13.5 Å². The van der Waals surface area contributed by atoms with E-state index in [0.717, 1.165) is 22.2 Å². The summed E-state index contributed by atoms with van der Waals surface area (Å²) in [5.74, 6) is 0.637. The fourth-order valence-electron chi connectivity index (χ4n) is 2.32. The summed E-state index contributed by atoms with van der Waals surface area (Å²) in [4.78, 5) is 4.52. The van der Waals surface area contributed by atoms with E-state index in [4.69, 9.17) is 22.1 Å². The van der Waals surface area contributed by atoms with Crippen molar-refractivity contribution in [1.82, 2.24) is 4.98 Å². The zero-order valence-electron chi connectivity index (χ0n) is 11.6. The lowest BCUT2D eigenvalue weighted by Gasteiger charge is -2.11. The molecule has 0 amide bonds. The van der Waals surface area contributed by atoms with Gasteiger partial charge in [-0.1, -0.05) is 29.8 Å². The first-order chi connectivity index (χ1) is 10.1. The summed E-state index contributed by atoms with van der Waals surface area (Å²) < 4.78 is 5.83. The summed E-state index contributed by atoms with van der Waals surface area (Å²) in [5, 5.41) is 1.70. The SMILES string of the molecule is Cc1cc(COc2ccc(Cl)cc2N)c2ccccc2n1. The number of aryl methyl sites for hydroxylation is 1. The third-order valence-corrected chi connectivity index (χ3v) is 3.52. The number of anilines is 1. The molecule has 4 heteroatoms. The minimum atomic E-state index is 0.440. The van der Waals surface area contributed by atoms with Crippen LogP contribution in [0.1, 0.15) is 11.3 Å². The second-order valence-corrected chi connectivity index (χ2v) is 5.35. The molecule has 3 aromatic rings. The number of benzene rings is 2. The third kappa shape index (κ3) is 2.93. The molecular weight excluding hydrogens is 284 g/mol. The van der Waals surface area contributed by atoms with Crippen LogP contribution in [-0.4, -0.2) is 4.98 Å². The Kier molecular flexibility index (Phi) is 3.67. The quantitative estimate of drug-likeness (QED) is 0.731. The second kappa shape index (κ2) is 5.62. The number of aromatic nitrogens is 1. The van der Waals surface area contributed by atoms with Gasteiger partial charge in [0.25, 0.3) is 0 Å². The van der Waals surface area contributed by atoms with Crippen LogP contribution >= 0.6 is 11.6 Å². The van der Waals surface area contributed by atoms with E-state index in [1.54, 1.807) is 18.2 Å². The van der Waals surface area contributed by atoms with Gasteiger partial charge in [0.1, 0.15) is 12.4 Å². The maximum absolute atomic E-state index is 5.91. The highest BCUT2D eigenvalue weighted by Gasteiger charge is 2.06. The highest BCUT2D eigenvalue weighted by molar-refractivity contribution is 6.30. The van der Waals surface area contributed by atoms with Crippen LogP contribution in [0.25, 0.3) is 10.9 Å². The van der Waals surface area contributed by atoms with Crippen molar-refractivity contribution >= 4 is 28.2 Å². The fourth-order valence-corrected chi connectivity index (χ4v) is 2.50. The van der Waals surface area contributed by atoms with Crippen LogP contribution in [0.2, 0.25) is 5.02 Å². The van der Waals surface area contributed by atoms with Crippen LogP contribution in [0.5, 0.6) is 5.75 Å². The molecule has 3 nitrogen and oxygen atoms in total. The molecule has 0 spiro atoms. The maximum atomic E-state index is 5.91. The van der Waals surface area contributed by atoms with Crippen molar-refractivity contribution in [2.24, 2.45) is 0 Å². The highest BCUT2D eigenvalue weighted by Crippen LogP contribution is 2.27. The van der Waals surface area contributed by atoms with Gasteiger partial charge in [-0.05, 0) is 37.3 Å². The minimum Gasteiger partial charge on any atom is -0.487 e. The van der Waals surface area contributed by atoms with Crippen molar-refractivity contribution in [1.29, 1.82) is 0 Å². The van der Waals surface area contributed by atoms with Gasteiger partial charge in [0.05, 0.1) is 11.2 Å². The number of para-hydroxylation sites is 1. The van der Waals surface area contributed by atoms with Gasteiger partial charge < -0.3 is 10.5 Å². The molecule has 2 N–H and O–H groups in total. The molecule has 0 aliphatic heterocycles. The van der Waals surface area contributed by atoms with Crippen molar-refractivity contribution in [3.63, 3.8) is 0 Å². The molecule has 106 valence electrons. The number of hydrogen-bond donors (Lipinski definition) is 1. The van der Waals surface area contributed by atoms with Crippen LogP contribution in [0, 0.1) is 6.92 Å². The fraction of sp³-hybridized carbons (Fsp3) is 0.118. The van der Waals surface area contributed by atoms with Crippen molar-refractivity contribution in [2.75, 3.05) is 5.73 Å². The molecule has 3 rings (SSSR count). The highest BCUT2D eigenvalue weighted by atomic mass is 35.5. The third-order valence-electron chi connectivity index (χ3n) is 3.28. The molecule has 0 unspecified atom stereocenters. The van der Waals surface area contributed by atoms with Gasteiger partial charge in [-0.3, -0.25) is 4.98 Å². The lowest BCUT2D eigenvalue weighted by Crippen LogP contribution is -2.01. The number of hydrogen-bond acceptors (Lipinski definition) is 3. The Morgan fingerprint density at radius 2 is 1.95 bits per heavy atom. The number of fused-ring (bicyclic) bond motifs is 1. The molecule has 0 radical (unpaired) electrons. The van der Waals surface area contributed by atoms with Gasteiger partial charge in [0.15, 0.2) is 0 Å². The van der Waals surface area contributed by atoms with Crippen LogP contribution in [0.3, 0.4) is 0 Å². The average molecular weight is 299 g/mol. The van der Waals surface area contributed by atoms with Crippen molar-refractivity contribution < 1.29 is 4.74 Å². The Bertz CT molecular complexity index is 802. The van der Waals surface area contributed by atoms with E-state index in [1.807, 2.05) is 37.3 Å². The lowest BCUT2D eigenvalue weighted by atomic mass is 10.1. The number of nitrogen functional groups attached to an aromatic ring is 1. The molecule has 0 saturated carbocycles. The van der Waals surface area contributed by atoms with E-state index >= 15 is 0 Å². The van der Waals surface area contributed by atoms with Gasteiger partial charge in [-0.25, -0.2) is 0 Å².